The molecule has 2 heterocycles. The molecule has 0 aliphatic rings. The minimum Gasteiger partial charge on any atom is -0.462 e. The van der Waals surface area contributed by atoms with E-state index in [0.29, 0.717) is 30.2 Å². The van der Waals surface area contributed by atoms with Crippen molar-refractivity contribution < 1.29 is 9.53 Å². The molecule has 2 rings (SSSR count). The quantitative estimate of drug-likeness (QED) is 0.777. The molecule has 0 amide bonds. The lowest BCUT2D eigenvalue weighted by atomic mass is 10.2. The second kappa shape index (κ2) is 6.74. The number of rotatable bonds is 6. The molecule has 0 spiro atoms. The molecule has 0 saturated heterocycles. The lowest BCUT2D eigenvalue weighted by Crippen LogP contribution is -2.15. The van der Waals surface area contributed by atoms with Gasteiger partial charge in [-0.1, -0.05) is 0 Å². The first-order valence-corrected chi connectivity index (χ1v) is 6.74. The van der Waals surface area contributed by atoms with E-state index >= 15 is 0 Å². The van der Waals surface area contributed by atoms with Crippen molar-refractivity contribution in [3.63, 3.8) is 0 Å². The highest BCUT2D eigenvalue weighted by Crippen LogP contribution is 2.16. The summed E-state index contributed by atoms with van der Waals surface area (Å²) in [7, 11) is 1.94. The van der Waals surface area contributed by atoms with Gasteiger partial charge in [0, 0.05) is 32.4 Å². The van der Waals surface area contributed by atoms with Gasteiger partial charge in [0.1, 0.15) is 17.2 Å². The molecule has 2 aromatic heterocycles. The summed E-state index contributed by atoms with van der Waals surface area (Å²) in [5.41, 5.74) is 6.44. The zero-order valence-corrected chi connectivity index (χ0v) is 12.2. The van der Waals surface area contributed by atoms with Gasteiger partial charge in [0.25, 0.3) is 0 Å². The maximum Gasteiger partial charge on any atom is 0.341 e. The Bertz CT molecular complexity index is 624. The van der Waals surface area contributed by atoms with Gasteiger partial charge >= 0.3 is 5.97 Å². The summed E-state index contributed by atoms with van der Waals surface area (Å²) < 4.78 is 6.95. The van der Waals surface area contributed by atoms with Gasteiger partial charge in [0.05, 0.1) is 18.5 Å². The molecule has 112 valence electrons. The van der Waals surface area contributed by atoms with Crippen molar-refractivity contribution in [2.24, 2.45) is 7.05 Å². The van der Waals surface area contributed by atoms with Crippen molar-refractivity contribution in [3.8, 4) is 0 Å². The number of carbonyl (C=O) groups excluding carboxylic acids is 1. The number of imidazole rings is 1. The molecule has 0 aliphatic carbocycles. The number of nitrogen functional groups attached to an aromatic ring is 1. The molecule has 21 heavy (non-hydrogen) atoms. The lowest BCUT2D eigenvalue weighted by Gasteiger charge is -2.11. The summed E-state index contributed by atoms with van der Waals surface area (Å²) in [4.78, 5) is 20.3. The number of hydrogen-bond donors (Lipinski definition) is 2. The predicted octanol–water partition coefficient (Wildman–Crippen LogP) is 1.23. The van der Waals surface area contributed by atoms with Crippen molar-refractivity contribution >= 4 is 17.5 Å². The Kier molecular flexibility index (Phi) is 4.76. The summed E-state index contributed by atoms with van der Waals surface area (Å²) in [6.07, 6.45) is 5.87. The SMILES string of the molecule is CCOC(=O)c1cc(N)cnc1NCCc1nccn1C. The molecule has 0 aliphatic heterocycles. The van der Waals surface area contributed by atoms with E-state index in [0.717, 1.165) is 12.2 Å². The average molecular weight is 289 g/mol. The molecule has 2 aromatic rings. The Morgan fingerprint density at radius 2 is 2.29 bits per heavy atom. The number of esters is 1. The van der Waals surface area contributed by atoms with Crippen LogP contribution in [-0.2, 0) is 18.2 Å². The van der Waals surface area contributed by atoms with Crippen LogP contribution in [-0.4, -0.2) is 33.7 Å². The van der Waals surface area contributed by atoms with Gasteiger partial charge in [-0.15, -0.1) is 0 Å². The van der Waals surface area contributed by atoms with Gasteiger partial charge in [-0.05, 0) is 13.0 Å². The van der Waals surface area contributed by atoms with E-state index in [1.54, 1.807) is 19.2 Å². The minimum atomic E-state index is -0.434. The number of aromatic nitrogens is 3. The molecule has 0 fully saturated rings. The first-order chi connectivity index (χ1) is 10.1. The standard InChI is InChI=1S/C14H19N5O2/c1-3-21-14(20)11-8-10(15)9-18-13(11)17-5-4-12-16-6-7-19(12)2/h6-9H,3-5,15H2,1-2H3,(H,17,18). The van der Waals surface area contributed by atoms with Gasteiger partial charge in [-0.2, -0.15) is 0 Å². The van der Waals surface area contributed by atoms with Gasteiger partial charge in [0.2, 0.25) is 0 Å². The number of nitrogens with zero attached hydrogens (tertiary/aromatic N) is 3. The second-order valence-corrected chi connectivity index (χ2v) is 4.52. The Morgan fingerprint density at radius 1 is 1.48 bits per heavy atom. The fraction of sp³-hybridized carbons (Fsp3) is 0.357. The number of pyridine rings is 1. The van der Waals surface area contributed by atoms with Gasteiger partial charge in [-0.25, -0.2) is 14.8 Å². The third kappa shape index (κ3) is 3.71. The molecular formula is C14H19N5O2. The summed E-state index contributed by atoms with van der Waals surface area (Å²) in [6, 6.07) is 1.56. The maximum absolute atomic E-state index is 11.9. The average Bonchev–Trinajstić information content (AvgIpc) is 2.86. The number of aryl methyl sites for hydroxylation is 1. The Balaban J connectivity index is 2.05. The van der Waals surface area contributed by atoms with E-state index in [2.05, 4.69) is 15.3 Å². The third-order valence-electron chi connectivity index (χ3n) is 2.97. The Hall–Kier alpha value is -2.57. The summed E-state index contributed by atoms with van der Waals surface area (Å²) in [6.45, 7) is 2.67. The summed E-state index contributed by atoms with van der Waals surface area (Å²) in [5, 5.41) is 3.12. The number of ether oxygens (including phenoxy) is 1. The van der Waals surface area contributed by atoms with Crippen molar-refractivity contribution in [1.82, 2.24) is 14.5 Å². The van der Waals surface area contributed by atoms with Crippen LogP contribution in [0, 0.1) is 0 Å². The molecule has 0 aromatic carbocycles. The van der Waals surface area contributed by atoms with Crippen LogP contribution in [0.4, 0.5) is 11.5 Å². The number of anilines is 2. The van der Waals surface area contributed by atoms with Crippen LogP contribution >= 0.6 is 0 Å². The van der Waals surface area contributed by atoms with Crippen molar-refractivity contribution in [1.29, 1.82) is 0 Å². The number of carbonyl (C=O) groups is 1. The largest absolute Gasteiger partial charge is 0.462 e. The smallest absolute Gasteiger partial charge is 0.341 e. The van der Waals surface area contributed by atoms with Crippen molar-refractivity contribution in [2.45, 2.75) is 13.3 Å². The fourth-order valence-corrected chi connectivity index (χ4v) is 1.92. The molecule has 7 nitrogen and oxygen atoms in total. The van der Waals surface area contributed by atoms with Gasteiger partial charge < -0.3 is 20.4 Å². The van der Waals surface area contributed by atoms with Crippen LogP contribution < -0.4 is 11.1 Å². The van der Waals surface area contributed by atoms with E-state index in [1.807, 2.05) is 17.8 Å². The first-order valence-electron chi connectivity index (χ1n) is 6.74. The number of nitrogens with one attached hydrogen (secondary N) is 1. The number of nitrogens with two attached hydrogens (primary N) is 1. The van der Waals surface area contributed by atoms with Crippen LogP contribution in [0.25, 0.3) is 0 Å². The van der Waals surface area contributed by atoms with Crippen LogP contribution in [0.1, 0.15) is 23.1 Å². The third-order valence-corrected chi connectivity index (χ3v) is 2.97. The van der Waals surface area contributed by atoms with Crippen LogP contribution in [0.15, 0.2) is 24.7 Å². The van der Waals surface area contributed by atoms with Crippen LogP contribution in [0.5, 0.6) is 0 Å². The topological polar surface area (TPSA) is 95.1 Å². The van der Waals surface area contributed by atoms with Gasteiger partial charge in [0.15, 0.2) is 0 Å². The minimum absolute atomic E-state index is 0.306. The van der Waals surface area contributed by atoms with Gasteiger partial charge in [-0.3, -0.25) is 0 Å². The predicted molar refractivity (Wildman–Crippen MR) is 80.0 cm³/mol. The van der Waals surface area contributed by atoms with E-state index in [4.69, 9.17) is 10.5 Å². The summed E-state index contributed by atoms with van der Waals surface area (Å²) >= 11 is 0. The first kappa shape index (κ1) is 14.8. The van der Waals surface area contributed by atoms with E-state index in [9.17, 15) is 4.79 Å². The summed E-state index contributed by atoms with van der Waals surface area (Å²) in [5.74, 6) is 0.990. The molecule has 0 saturated carbocycles. The van der Waals surface area contributed by atoms with Crippen LogP contribution in [0.2, 0.25) is 0 Å². The molecule has 3 N–H and O–H groups in total. The molecular weight excluding hydrogens is 270 g/mol. The zero-order chi connectivity index (χ0) is 15.2. The fourth-order valence-electron chi connectivity index (χ4n) is 1.92. The molecule has 0 bridgehead atoms. The zero-order valence-electron chi connectivity index (χ0n) is 12.2. The molecule has 7 heteroatoms. The Labute approximate surface area is 123 Å². The highest BCUT2D eigenvalue weighted by atomic mass is 16.5. The highest BCUT2D eigenvalue weighted by molar-refractivity contribution is 5.95. The second-order valence-electron chi connectivity index (χ2n) is 4.52. The monoisotopic (exact) mass is 289 g/mol. The van der Waals surface area contributed by atoms with E-state index in [1.165, 1.54) is 6.20 Å². The van der Waals surface area contributed by atoms with Crippen molar-refractivity contribution in [2.75, 3.05) is 24.2 Å². The normalized spacial score (nSPS) is 10.4. The Morgan fingerprint density at radius 3 is 2.95 bits per heavy atom. The van der Waals surface area contributed by atoms with Crippen LogP contribution in [0.3, 0.4) is 0 Å². The molecule has 0 radical (unpaired) electrons. The lowest BCUT2D eigenvalue weighted by molar-refractivity contribution is 0.0527. The van der Waals surface area contributed by atoms with E-state index in [-0.39, 0.29) is 0 Å². The number of hydrogen-bond acceptors (Lipinski definition) is 6. The van der Waals surface area contributed by atoms with E-state index < -0.39 is 5.97 Å². The van der Waals surface area contributed by atoms with Crippen molar-refractivity contribution in [3.05, 3.63) is 36.0 Å². The maximum atomic E-state index is 11.9. The molecule has 0 unspecified atom stereocenters. The highest BCUT2D eigenvalue weighted by Gasteiger charge is 2.14. The molecule has 0 atom stereocenters.